The third-order valence-electron chi connectivity index (χ3n) is 6.54. The molecule has 0 aliphatic carbocycles. The van der Waals surface area contributed by atoms with Gasteiger partial charge in [-0.15, -0.1) is 0 Å². The van der Waals surface area contributed by atoms with Crippen LogP contribution in [0.1, 0.15) is 34.0 Å². The minimum Gasteiger partial charge on any atom is -0.508 e. The summed E-state index contributed by atoms with van der Waals surface area (Å²) in [6.45, 7) is 3.31. The molecule has 3 rings (SSSR count). The van der Waals surface area contributed by atoms with Crippen LogP contribution in [0.2, 0.25) is 0 Å². The fraction of sp³-hybridized carbons (Fsp3) is 0.333. The van der Waals surface area contributed by atoms with E-state index in [4.69, 9.17) is 4.74 Å². The molecule has 2 aromatic carbocycles. The lowest BCUT2D eigenvalue weighted by Gasteiger charge is -2.31. The first kappa shape index (κ1) is 30.3. The number of nitrogens with one attached hydrogen (secondary N) is 2. The predicted octanol–water partition coefficient (Wildman–Crippen LogP) is 1.98. The van der Waals surface area contributed by atoms with Crippen molar-refractivity contribution < 1.29 is 29.3 Å². The van der Waals surface area contributed by atoms with Gasteiger partial charge in [-0.05, 0) is 49.6 Å². The standard InChI is InChI=1S/C30H36N4O6/c1-20(40-3)18-34(19-27(36)32-17-23-11-8-14-31-16-23)30(39)28(37)25(15-22-9-5-4-6-10-22)33-29(38)24-12-7-13-26(35)21(24)2/h4-14,16,20,25,28,35,37H,15,17-19H2,1-3H3,(H,32,36)(H,33,38). The average Bonchev–Trinajstić information content (AvgIpc) is 2.97. The Balaban J connectivity index is 1.80. The molecule has 1 heterocycles. The molecule has 3 atom stereocenters. The number of pyridine rings is 1. The van der Waals surface area contributed by atoms with E-state index in [1.165, 1.54) is 18.1 Å². The Bertz CT molecular complexity index is 1270. The van der Waals surface area contributed by atoms with E-state index in [2.05, 4.69) is 15.6 Å². The highest BCUT2D eigenvalue weighted by Gasteiger charge is 2.33. The summed E-state index contributed by atoms with van der Waals surface area (Å²) < 4.78 is 5.32. The number of nitrogens with zero attached hydrogens (tertiary/aromatic N) is 2. The minimum atomic E-state index is -1.67. The zero-order chi connectivity index (χ0) is 29.1. The van der Waals surface area contributed by atoms with Gasteiger partial charge in [0.2, 0.25) is 5.91 Å². The number of aliphatic hydroxyl groups excluding tert-OH is 1. The second-order valence-electron chi connectivity index (χ2n) is 9.57. The number of hydrogen-bond donors (Lipinski definition) is 4. The number of rotatable bonds is 13. The largest absolute Gasteiger partial charge is 0.508 e. The summed E-state index contributed by atoms with van der Waals surface area (Å²) in [4.78, 5) is 44.8. The Morgan fingerprint density at radius 2 is 1.75 bits per heavy atom. The van der Waals surface area contributed by atoms with E-state index in [1.807, 2.05) is 36.4 Å². The molecule has 10 nitrogen and oxygen atoms in total. The zero-order valence-corrected chi connectivity index (χ0v) is 22.9. The van der Waals surface area contributed by atoms with Gasteiger partial charge in [0.25, 0.3) is 11.8 Å². The minimum absolute atomic E-state index is 0.0408. The van der Waals surface area contributed by atoms with Crippen molar-refractivity contribution in [2.24, 2.45) is 0 Å². The van der Waals surface area contributed by atoms with Gasteiger partial charge in [-0.2, -0.15) is 0 Å². The molecule has 3 amide bonds. The van der Waals surface area contributed by atoms with Crippen LogP contribution in [0.15, 0.2) is 73.1 Å². The number of carbonyl (C=O) groups is 3. The van der Waals surface area contributed by atoms with E-state index in [1.54, 1.807) is 44.4 Å². The molecule has 0 bridgehead atoms. The normalized spacial score (nSPS) is 13.1. The molecule has 0 aliphatic rings. The quantitative estimate of drug-likeness (QED) is 0.256. The molecule has 3 unspecified atom stereocenters. The average molecular weight is 549 g/mol. The van der Waals surface area contributed by atoms with Gasteiger partial charge in [-0.1, -0.05) is 42.5 Å². The van der Waals surface area contributed by atoms with Crippen LogP contribution >= 0.6 is 0 Å². The number of phenolic OH excluding ortho intramolecular Hbond substituents is 1. The molecular weight excluding hydrogens is 512 g/mol. The number of benzene rings is 2. The van der Waals surface area contributed by atoms with Crippen LogP contribution < -0.4 is 10.6 Å². The van der Waals surface area contributed by atoms with Crippen molar-refractivity contribution in [3.05, 3.63) is 95.3 Å². The molecule has 212 valence electrons. The maximum absolute atomic E-state index is 13.6. The lowest BCUT2D eigenvalue weighted by Crippen LogP contribution is -2.55. The second-order valence-corrected chi connectivity index (χ2v) is 9.57. The Kier molecular flexibility index (Phi) is 11.2. The van der Waals surface area contributed by atoms with E-state index in [0.29, 0.717) is 5.56 Å². The summed E-state index contributed by atoms with van der Waals surface area (Å²) in [5.74, 6) is -1.74. The molecule has 0 spiro atoms. The topological polar surface area (TPSA) is 141 Å². The van der Waals surface area contributed by atoms with E-state index in [9.17, 15) is 24.6 Å². The lowest BCUT2D eigenvalue weighted by molar-refractivity contribution is -0.146. The third kappa shape index (κ3) is 8.62. The van der Waals surface area contributed by atoms with Crippen LogP contribution in [-0.2, 0) is 27.3 Å². The highest BCUT2D eigenvalue weighted by atomic mass is 16.5. The highest BCUT2D eigenvalue weighted by Crippen LogP contribution is 2.20. The molecule has 4 N–H and O–H groups in total. The van der Waals surface area contributed by atoms with Gasteiger partial charge in [-0.25, -0.2) is 0 Å². The summed E-state index contributed by atoms with van der Waals surface area (Å²) in [6, 6.07) is 16.3. The van der Waals surface area contributed by atoms with Crippen molar-refractivity contribution in [2.75, 3.05) is 20.2 Å². The first-order valence-electron chi connectivity index (χ1n) is 13.0. The smallest absolute Gasteiger partial charge is 0.254 e. The number of methoxy groups -OCH3 is 1. The number of amides is 3. The predicted molar refractivity (Wildman–Crippen MR) is 149 cm³/mol. The van der Waals surface area contributed by atoms with Crippen molar-refractivity contribution in [2.45, 2.75) is 45.1 Å². The highest BCUT2D eigenvalue weighted by molar-refractivity contribution is 5.97. The van der Waals surface area contributed by atoms with Crippen LogP contribution in [0.3, 0.4) is 0 Å². The second kappa shape index (κ2) is 14.8. The number of hydrogen-bond acceptors (Lipinski definition) is 7. The molecule has 0 saturated heterocycles. The van der Waals surface area contributed by atoms with Crippen LogP contribution in [0, 0.1) is 6.92 Å². The number of phenols is 1. The molecule has 0 aliphatic heterocycles. The molecule has 0 radical (unpaired) electrons. The fourth-order valence-corrected chi connectivity index (χ4v) is 4.13. The summed E-state index contributed by atoms with van der Waals surface area (Å²) in [5.41, 5.74) is 2.18. The lowest BCUT2D eigenvalue weighted by atomic mass is 9.98. The first-order chi connectivity index (χ1) is 19.2. The number of carbonyl (C=O) groups excluding carboxylic acids is 3. The van der Waals surface area contributed by atoms with Crippen molar-refractivity contribution in [3.8, 4) is 5.75 Å². The molecule has 0 fully saturated rings. The summed E-state index contributed by atoms with van der Waals surface area (Å²) in [7, 11) is 1.49. The summed E-state index contributed by atoms with van der Waals surface area (Å²) in [5, 5.41) is 26.9. The maximum atomic E-state index is 13.6. The molecule has 3 aromatic rings. The fourth-order valence-electron chi connectivity index (χ4n) is 4.13. The number of ether oxygens (including phenoxy) is 1. The van der Waals surface area contributed by atoms with E-state index >= 15 is 0 Å². The van der Waals surface area contributed by atoms with Crippen LogP contribution in [0.5, 0.6) is 5.75 Å². The third-order valence-corrected chi connectivity index (χ3v) is 6.54. The SMILES string of the molecule is COC(C)CN(CC(=O)NCc1cccnc1)C(=O)C(O)C(Cc1ccccc1)NC(=O)c1cccc(O)c1C. The van der Waals surface area contributed by atoms with Crippen molar-refractivity contribution >= 4 is 17.7 Å². The molecule has 1 aromatic heterocycles. The molecule has 10 heteroatoms. The van der Waals surface area contributed by atoms with E-state index in [0.717, 1.165) is 11.1 Å². The van der Waals surface area contributed by atoms with Gasteiger partial charge in [0.15, 0.2) is 6.10 Å². The maximum Gasteiger partial charge on any atom is 0.254 e. The van der Waals surface area contributed by atoms with Gasteiger partial charge >= 0.3 is 0 Å². The summed E-state index contributed by atoms with van der Waals surface area (Å²) in [6.07, 6.45) is 1.32. The van der Waals surface area contributed by atoms with Crippen molar-refractivity contribution in [1.29, 1.82) is 0 Å². The molecule has 40 heavy (non-hydrogen) atoms. The van der Waals surface area contributed by atoms with Crippen LogP contribution in [-0.4, -0.2) is 76.3 Å². The van der Waals surface area contributed by atoms with Crippen molar-refractivity contribution in [1.82, 2.24) is 20.5 Å². The number of aromatic nitrogens is 1. The van der Waals surface area contributed by atoms with Gasteiger partial charge in [0.1, 0.15) is 5.75 Å². The van der Waals surface area contributed by atoms with Gasteiger partial charge in [0.05, 0.1) is 18.7 Å². The Morgan fingerprint density at radius 3 is 2.42 bits per heavy atom. The van der Waals surface area contributed by atoms with Gasteiger partial charge in [-0.3, -0.25) is 19.4 Å². The van der Waals surface area contributed by atoms with E-state index in [-0.39, 0.29) is 37.4 Å². The first-order valence-corrected chi connectivity index (χ1v) is 13.0. The van der Waals surface area contributed by atoms with Crippen LogP contribution in [0.4, 0.5) is 0 Å². The Hall–Kier alpha value is -4.28. The molecule has 0 saturated carbocycles. The molecular formula is C30H36N4O6. The van der Waals surface area contributed by atoms with Gasteiger partial charge in [0, 0.05) is 43.7 Å². The summed E-state index contributed by atoms with van der Waals surface area (Å²) >= 11 is 0. The number of aliphatic hydroxyl groups is 1. The van der Waals surface area contributed by atoms with Crippen LogP contribution in [0.25, 0.3) is 0 Å². The van der Waals surface area contributed by atoms with Gasteiger partial charge < -0.3 is 30.5 Å². The Morgan fingerprint density at radius 1 is 1.02 bits per heavy atom. The Labute approximate surface area is 234 Å². The van der Waals surface area contributed by atoms with Crippen molar-refractivity contribution in [3.63, 3.8) is 0 Å². The van der Waals surface area contributed by atoms with E-state index < -0.39 is 36.0 Å². The number of aromatic hydroxyl groups is 1. The monoisotopic (exact) mass is 548 g/mol. The zero-order valence-electron chi connectivity index (χ0n) is 22.9.